The zero-order valence-corrected chi connectivity index (χ0v) is 58.9. The van der Waals surface area contributed by atoms with Crippen LogP contribution >= 0.6 is 0 Å². The van der Waals surface area contributed by atoms with Gasteiger partial charge in [-0.2, -0.15) is 0 Å². The van der Waals surface area contributed by atoms with Crippen LogP contribution in [0.1, 0.15) is 73.1 Å². The number of amides is 7. The second-order valence-corrected chi connectivity index (χ2v) is 24.2. The number of Topliss-reactive ketones (excluding diaryl/α,β-unsaturated/α-hetero) is 1. The molecule has 3 aliphatic rings. The molecule has 3 fully saturated rings. The lowest BCUT2D eigenvalue weighted by atomic mass is 9.96. The smallest absolute Gasteiger partial charge is 0.246 e. The Hall–Kier alpha value is -5.00. The summed E-state index contributed by atoms with van der Waals surface area (Å²) in [5.74, 6) is -4.23. The highest BCUT2D eigenvalue weighted by Crippen LogP contribution is 2.25. The summed E-state index contributed by atoms with van der Waals surface area (Å²) in [7, 11) is 0. The van der Waals surface area contributed by atoms with E-state index in [9.17, 15) is 84.3 Å². The maximum absolute atomic E-state index is 14.0. The van der Waals surface area contributed by atoms with Gasteiger partial charge in [0.15, 0.2) is 24.7 Å². The topological polar surface area (TPSA) is 541 Å². The molecule has 3 aliphatic heterocycles. The van der Waals surface area contributed by atoms with Gasteiger partial charge in [0, 0.05) is 39.8 Å². The van der Waals surface area contributed by atoms with Crippen LogP contribution in [0.15, 0.2) is 0 Å². The number of unbranched alkanes of at least 4 members (excludes halogenated alkanes) is 2. The monoisotopic (exact) mass is 1480 g/mol. The van der Waals surface area contributed by atoms with Crippen molar-refractivity contribution in [1.29, 1.82) is 0 Å². The number of nitrogens with one attached hydrogen (secondary N) is 7. The van der Waals surface area contributed by atoms with Crippen LogP contribution in [0.2, 0.25) is 0 Å². The van der Waals surface area contributed by atoms with Crippen molar-refractivity contribution >= 4 is 47.1 Å². The summed E-state index contributed by atoms with van der Waals surface area (Å²) in [6.07, 6.45) is -13.6. The van der Waals surface area contributed by atoms with E-state index in [2.05, 4.69) is 37.2 Å². The molecule has 16 N–H and O–H groups in total. The van der Waals surface area contributed by atoms with Gasteiger partial charge in [-0.05, 0) is 38.5 Å². The van der Waals surface area contributed by atoms with Crippen molar-refractivity contribution in [2.24, 2.45) is 5.92 Å². The lowest BCUT2D eigenvalue weighted by molar-refractivity contribution is -0.272. The normalized spacial score (nSPS) is 25.6. The van der Waals surface area contributed by atoms with Crippen molar-refractivity contribution in [1.82, 2.24) is 37.2 Å². The summed E-state index contributed by atoms with van der Waals surface area (Å²) in [6, 6.07) is -5.31. The first-order valence-electron chi connectivity index (χ1n) is 34.3. The van der Waals surface area contributed by atoms with E-state index in [1.54, 1.807) is 13.8 Å². The van der Waals surface area contributed by atoms with Crippen LogP contribution in [-0.4, -0.2) is 369 Å². The van der Waals surface area contributed by atoms with Gasteiger partial charge in [-0.1, -0.05) is 13.8 Å². The van der Waals surface area contributed by atoms with E-state index in [1.807, 2.05) is 0 Å². The molecule has 592 valence electrons. The fourth-order valence-electron chi connectivity index (χ4n) is 10.3. The molecule has 3 heterocycles. The Bertz CT molecular complexity index is 2360. The summed E-state index contributed by atoms with van der Waals surface area (Å²) in [4.78, 5) is 101. The molecular weight excluding hydrogens is 1370 g/mol. The SMILES string of the molecule is CC(=O)NC1[C@H](OCCOCCOCCOCC(=O)NCCCC[C@H](NC(=O)COCCOCCOCCO[C@@H]2OC(CO)[C@H](O)[C@H](O)C2NC(C)=O)C(=O)N[C@@H](CCCCNC(=O)COCCOCCOCCO[C@@H]2OC(CO)[C@H](O)[C@H](O)C2NC(C)=O)C(=O)C(C)C)OC(CO)[C@H](O)[C@@H]1O. The summed E-state index contributed by atoms with van der Waals surface area (Å²) in [6.45, 7) is 6.49. The minimum Gasteiger partial charge on any atom is -0.394 e. The third-order valence-electron chi connectivity index (χ3n) is 15.6. The largest absolute Gasteiger partial charge is 0.394 e. The minimum absolute atomic E-state index is 0.00566. The molecule has 0 aromatic carbocycles. The van der Waals surface area contributed by atoms with E-state index < -0.39 is 172 Å². The van der Waals surface area contributed by atoms with Gasteiger partial charge in [-0.15, -0.1) is 0 Å². The Morgan fingerprint density at radius 1 is 0.363 bits per heavy atom. The summed E-state index contributed by atoms with van der Waals surface area (Å²) >= 11 is 0. The fraction of sp³-hybridized carbons (Fsp3) is 0.873. The van der Waals surface area contributed by atoms with Crippen LogP contribution in [0.4, 0.5) is 0 Å². The van der Waals surface area contributed by atoms with E-state index in [4.69, 9.17) is 71.1 Å². The number of hydrogen-bond donors (Lipinski definition) is 16. The lowest BCUT2D eigenvalue weighted by Crippen LogP contribution is -2.64. The highest BCUT2D eigenvalue weighted by atomic mass is 16.7. The van der Waals surface area contributed by atoms with Gasteiger partial charge < -0.3 is 154 Å². The molecule has 7 amide bonds. The number of rotatable bonds is 57. The fourth-order valence-corrected chi connectivity index (χ4v) is 10.3. The molecule has 0 saturated carbocycles. The number of ether oxygens (including phenoxy) is 15. The van der Waals surface area contributed by atoms with Gasteiger partial charge in [-0.25, -0.2) is 0 Å². The van der Waals surface area contributed by atoms with Crippen molar-refractivity contribution in [2.75, 3.05) is 172 Å². The highest BCUT2D eigenvalue weighted by Gasteiger charge is 2.48. The molecule has 3 saturated heterocycles. The maximum atomic E-state index is 14.0. The molecule has 0 radical (unpaired) electrons. The predicted octanol–water partition coefficient (Wildman–Crippen LogP) is -8.22. The van der Waals surface area contributed by atoms with E-state index in [-0.39, 0.29) is 170 Å². The predicted molar refractivity (Wildman–Crippen MR) is 349 cm³/mol. The molecule has 0 bridgehead atoms. The van der Waals surface area contributed by atoms with Gasteiger partial charge in [0.1, 0.15) is 98.9 Å². The van der Waals surface area contributed by atoms with Crippen LogP contribution in [0, 0.1) is 5.92 Å². The summed E-state index contributed by atoms with van der Waals surface area (Å²) in [5, 5.41) is 109. The lowest BCUT2D eigenvalue weighted by Gasteiger charge is -2.42. The first-order chi connectivity index (χ1) is 48.9. The van der Waals surface area contributed by atoms with Gasteiger partial charge in [0.2, 0.25) is 41.4 Å². The Morgan fingerprint density at radius 2 is 0.647 bits per heavy atom. The number of aliphatic hydroxyl groups is 9. The van der Waals surface area contributed by atoms with Gasteiger partial charge in [0.25, 0.3) is 0 Å². The average Bonchev–Trinajstić information content (AvgIpc) is 0.823. The third kappa shape index (κ3) is 36.8. The molecule has 0 aromatic rings. The van der Waals surface area contributed by atoms with Gasteiger partial charge >= 0.3 is 0 Å². The molecule has 39 nitrogen and oxygen atoms in total. The van der Waals surface area contributed by atoms with Crippen molar-refractivity contribution in [3.63, 3.8) is 0 Å². The van der Waals surface area contributed by atoms with Crippen molar-refractivity contribution in [3.05, 3.63) is 0 Å². The van der Waals surface area contributed by atoms with E-state index in [0.29, 0.717) is 25.7 Å². The van der Waals surface area contributed by atoms with E-state index in [1.165, 1.54) is 20.8 Å². The molecule has 0 spiro atoms. The standard InChI is InChI=1S/C63H113N7O32/c1-38(2)53(80)42(10-6-8-12-64-47(77)35-94-23-20-88-14-17-91-26-29-97-61-50(66-39(3)74)57(84)54(81)44(32-71)100-61)70-60(87)43(69-49(79)37-96-25-22-90-16-19-93-28-31-99-63-52(68-41(5)76)59(86)56(83)46(34-73)102-63)11-7-9-13-65-48(78)36-95-24-21-89-15-18-92-27-30-98-62-51(67-40(4)75)58(85)55(82)45(33-72)101-62/h38,42-46,50-52,54-59,61-63,71-73,81-86H,6-37H2,1-5H3,(H,64,77)(H,65,78)(H,66,74)(H,67,75)(H,68,76)(H,69,79)(H,70,87)/t42-,43-,44?,45?,46?,50?,51?,52?,54-,55-,56-,57+,58+,59+,61+,62+,63+/m0/s1. The second-order valence-electron chi connectivity index (χ2n) is 24.2. The Morgan fingerprint density at radius 3 is 0.941 bits per heavy atom. The Labute approximate surface area is 592 Å². The number of ketones is 1. The molecule has 6 unspecified atom stereocenters. The maximum Gasteiger partial charge on any atom is 0.246 e. The van der Waals surface area contributed by atoms with Crippen LogP contribution < -0.4 is 37.2 Å². The molecule has 3 rings (SSSR count). The molecule has 0 aromatic heterocycles. The second kappa shape index (κ2) is 53.7. The summed E-state index contributed by atoms with van der Waals surface area (Å²) in [5.41, 5.74) is 0. The Kier molecular flexibility index (Phi) is 48.0. The zero-order chi connectivity index (χ0) is 75.2. The number of carbonyl (C=O) groups excluding carboxylic acids is 8. The minimum atomic E-state index is -1.46. The number of carbonyl (C=O) groups is 8. The molecule has 0 aliphatic carbocycles. The van der Waals surface area contributed by atoms with E-state index in [0.717, 1.165) is 0 Å². The average molecular weight is 1480 g/mol. The van der Waals surface area contributed by atoms with Gasteiger partial charge in [0.05, 0.1) is 145 Å². The van der Waals surface area contributed by atoms with Crippen molar-refractivity contribution < 1.29 is 155 Å². The van der Waals surface area contributed by atoms with E-state index >= 15 is 0 Å². The Balaban J connectivity index is 1.38. The zero-order valence-electron chi connectivity index (χ0n) is 58.9. The first kappa shape index (κ1) is 91.2. The number of aliphatic hydroxyl groups excluding tert-OH is 9. The highest BCUT2D eigenvalue weighted by molar-refractivity contribution is 5.93. The van der Waals surface area contributed by atoms with Crippen molar-refractivity contribution in [2.45, 2.75) is 177 Å². The van der Waals surface area contributed by atoms with Crippen LogP contribution in [0.3, 0.4) is 0 Å². The van der Waals surface area contributed by atoms with Crippen molar-refractivity contribution in [3.8, 4) is 0 Å². The van der Waals surface area contributed by atoms with Crippen LogP contribution in [0.5, 0.6) is 0 Å². The third-order valence-corrected chi connectivity index (χ3v) is 15.6. The summed E-state index contributed by atoms with van der Waals surface area (Å²) < 4.78 is 82.6. The molecular formula is C63H113N7O32. The van der Waals surface area contributed by atoms with Gasteiger partial charge in [-0.3, -0.25) is 38.4 Å². The molecule has 39 heteroatoms. The first-order valence-corrected chi connectivity index (χ1v) is 34.3. The number of hydrogen-bond acceptors (Lipinski definition) is 32. The quantitative estimate of drug-likeness (QED) is 0.0252. The molecule has 102 heavy (non-hydrogen) atoms. The van der Waals surface area contributed by atoms with Crippen LogP contribution in [-0.2, 0) is 109 Å². The molecule has 17 atom stereocenters. The van der Waals surface area contributed by atoms with Crippen LogP contribution in [0.25, 0.3) is 0 Å².